The molecule has 2 aromatic carbocycles. The van der Waals surface area contributed by atoms with Crippen molar-refractivity contribution in [1.29, 1.82) is 0 Å². The minimum atomic E-state index is -0.651. The van der Waals surface area contributed by atoms with Crippen LogP contribution in [0.1, 0.15) is 27.8 Å². The molecule has 0 spiro atoms. The van der Waals surface area contributed by atoms with Gasteiger partial charge in [-0.1, -0.05) is 24.3 Å². The van der Waals surface area contributed by atoms with Crippen molar-refractivity contribution in [1.82, 2.24) is 24.4 Å². The van der Waals surface area contributed by atoms with Gasteiger partial charge < -0.3 is 20.4 Å². The van der Waals surface area contributed by atoms with Gasteiger partial charge in [0.2, 0.25) is 0 Å². The van der Waals surface area contributed by atoms with Crippen molar-refractivity contribution >= 4 is 28.4 Å². The molecule has 174 valence electrons. The van der Waals surface area contributed by atoms with E-state index in [4.69, 9.17) is 10.5 Å². The predicted octanol–water partition coefficient (Wildman–Crippen LogP) is 3.18. The largest absolute Gasteiger partial charge is 0.378 e. The summed E-state index contributed by atoms with van der Waals surface area (Å²) in [6.07, 6.45) is 1.75. The lowest BCUT2D eigenvalue weighted by molar-refractivity contribution is 0.00506. The fourth-order valence-electron chi connectivity index (χ4n) is 4.35. The number of ether oxygens (including phenoxy) is 1. The van der Waals surface area contributed by atoms with E-state index in [1.165, 1.54) is 5.56 Å². The molecule has 3 N–H and O–H groups in total. The maximum atomic E-state index is 12.3. The average molecular weight is 458 g/mol. The van der Waals surface area contributed by atoms with Gasteiger partial charge in [-0.3, -0.25) is 9.69 Å². The Bertz CT molecular complexity index is 1360. The van der Waals surface area contributed by atoms with E-state index in [2.05, 4.69) is 44.3 Å². The molecule has 1 amide bonds. The molecule has 0 aliphatic carbocycles. The van der Waals surface area contributed by atoms with Gasteiger partial charge in [0.05, 0.1) is 48.0 Å². The minimum absolute atomic E-state index is 0.0815. The number of carbonyl (C=O) groups excluding carboxylic acids is 1. The predicted molar refractivity (Wildman–Crippen MR) is 131 cm³/mol. The Hall–Kier alpha value is -3.82. The Labute approximate surface area is 197 Å². The van der Waals surface area contributed by atoms with Crippen LogP contribution in [-0.2, 0) is 11.8 Å². The van der Waals surface area contributed by atoms with Gasteiger partial charge in [0, 0.05) is 24.8 Å². The summed E-state index contributed by atoms with van der Waals surface area (Å²) in [6.45, 7) is 4.19. The van der Waals surface area contributed by atoms with Gasteiger partial charge in [-0.25, -0.2) is 15.0 Å². The number of hydrogen-bond donors (Lipinski definition) is 2. The van der Waals surface area contributed by atoms with E-state index in [1.807, 2.05) is 48.9 Å². The minimum Gasteiger partial charge on any atom is -0.378 e. The molecule has 0 bridgehead atoms. The lowest BCUT2D eigenvalue weighted by Gasteiger charge is -2.32. The molecule has 1 aliphatic heterocycles. The van der Waals surface area contributed by atoms with Crippen molar-refractivity contribution in [2.24, 2.45) is 12.8 Å². The number of nitrogens with two attached hydrogens (primary N) is 1. The summed E-state index contributed by atoms with van der Waals surface area (Å²) >= 11 is 0. The Kier molecular flexibility index (Phi) is 5.72. The fourth-order valence-corrected chi connectivity index (χ4v) is 4.35. The summed E-state index contributed by atoms with van der Waals surface area (Å²) < 4.78 is 7.57. The highest BCUT2D eigenvalue weighted by Gasteiger charge is 2.22. The number of nitrogens with zero attached hydrogens (tertiary/aromatic N) is 5. The number of aryl methyl sites for hydroxylation is 2. The van der Waals surface area contributed by atoms with Crippen molar-refractivity contribution in [2.45, 2.75) is 13.0 Å². The van der Waals surface area contributed by atoms with Gasteiger partial charge in [0.1, 0.15) is 0 Å². The molecule has 9 heteroatoms. The molecule has 2 aromatic heterocycles. The second-order valence-corrected chi connectivity index (χ2v) is 8.57. The number of benzene rings is 2. The second kappa shape index (κ2) is 8.85. The molecule has 0 radical (unpaired) electrons. The highest BCUT2D eigenvalue weighted by molar-refractivity contribution is 5.98. The van der Waals surface area contributed by atoms with E-state index < -0.39 is 5.91 Å². The zero-order valence-corrected chi connectivity index (χ0v) is 19.4. The lowest BCUT2D eigenvalue weighted by Crippen LogP contribution is -2.36. The Morgan fingerprint density at radius 3 is 2.68 bits per heavy atom. The summed E-state index contributed by atoms with van der Waals surface area (Å²) in [7, 11) is 4.04. The maximum absolute atomic E-state index is 12.3. The molecule has 0 unspecified atom stereocenters. The molecule has 1 aliphatic rings. The smallest absolute Gasteiger partial charge is 0.271 e. The van der Waals surface area contributed by atoms with E-state index in [9.17, 15) is 4.79 Å². The Balaban J connectivity index is 1.48. The van der Waals surface area contributed by atoms with Crippen LogP contribution in [0.5, 0.6) is 0 Å². The second-order valence-electron chi connectivity index (χ2n) is 8.57. The number of morpholine rings is 1. The third kappa shape index (κ3) is 4.00. The number of rotatable bonds is 5. The first-order valence-electron chi connectivity index (χ1n) is 11.2. The number of amides is 1. The number of imidazole rings is 1. The van der Waals surface area contributed by atoms with Gasteiger partial charge >= 0.3 is 0 Å². The van der Waals surface area contributed by atoms with Gasteiger partial charge in [0.25, 0.3) is 5.91 Å². The van der Waals surface area contributed by atoms with Crippen molar-refractivity contribution in [3.8, 4) is 11.3 Å². The summed E-state index contributed by atoms with van der Waals surface area (Å²) in [6, 6.07) is 14.1. The summed E-state index contributed by atoms with van der Waals surface area (Å²) in [5.41, 5.74) is 11.6. The van der Waals surface area contributed by atoms with Crippen LogP contribution in [0.4, 0.5) is 11.5 Å². The SMILES string of the molecule is Cc1nc(Nc2ccc([C@@H]3COCCN3C)cc2)c(C(N)=O)nc1-c1cccc2c1ncn2C. The third-order valence-corrected chi connectivity index (χ3v) is 6.27. The van der Waals surface area contributed by atoms with Gasteiger partial charge in [-0.2, -0.15) is 0 Å². The summed E-state index contributed by atoms with van der Waals surface area (Å²) in [4.78, 5) is 28.4. The van der Waals surface area contributed by atoms with Gasteiger partial charge in [-0.05, 0) is 37.7 Å². The number of hydrogen-bond acceptors (Lipinski definition) is 7. The summed E-state index contributed by atoms with van der Waals surface area (Å²) in [5, 5.41) is 3.22. The number of nitrogens with one attached hydrogen (secondary N) is 1. The molecule has 1 saturated heterocycles. The number of aromatic nitrogens is 4. The highest BCUT2D eigenvalue weighted by atomic mass is 16.5. The van der Waals surface area contributed by atoms with Crippen LogP contribution in [0.15, 0.2) is 48.8 Å². The van der Waals surface area contributed by atoms with E-state index in [0.717, 1.165) is 35.4 Å². The maximum Gasteiger partial charge on any atom is 0.271 e. The van der Waals surface area contributed by atoms with Crippen LogP contribution in [0, 0.1) is 6.92 Å². The van der Waals surface area contributed by atoms with Crippen molar-refractivity contribution in [2.75, 3.05) is 32.1 Å². The Morgan fingerprint density at radius 2 is 1.94 bits per heavy atom. The number of carbonyl (C=O) groups is 1. The quantitative estimate of drug-likeness (QED) is 0.473. The number of primary amides is 1. The lowest BCUT2D eigenvalue weighted by atomic mass is 10.0. The molecule has 5 rings (SSSR count). The number of para-hydroxylation sites is 1. The zero-order chi connectivity index (χ0) is 23.8. The van der Waals surface area contributed by atoms with Crippen LogP contribution in [-0.4, -0.2) is 57.1 Å². The average Bonchev–Trinajstić information content (AvgIpc) is 3.21. The molecule has 9 nitrogen and oxygen atoms in total. The molecule has 1 fully saturated rings. The number of fused-ring (bicyclic) bond motifs is 1. The number of likely N-dealkylation sites (N-methyl/N-ethyl adjacent to an activating group) is 1. The van der Waals surface area contributed by atoms with Gasteiger partial charge in [0.15, 0.2) is 11.5 Å². The van der Waals surface area contributed by atoms with E-state index in [1.54, 1.807) is 6.33 Å². The van der Waals surface area contributed by atoms with Crippen LogP contribution in [0.3, 0.4) is 0 Å². The molecular weight excluding hydrogens is 430 g/mol. The zero-order valence-electron chi connectivity index (χ0n) is 19.4. The fraction of sp³-hybridized carbons (Fsp3) is 0.280. The van der Waals surface area contributed by atoms with Gasteiger partial charge in [-0.15, -0.1) is 0 Å². The normalized spacial score (nSPS) is 16.6. The first kappa shape index (κ1) is 22.0. The monoisotopic (exact) mass is 457 g/mol. The third-order valence-electron chi connectivity index (χ3n) is 6.27. The highest BCUT2D eigenvalue weighted by Crippen LogP contribution is 2.31. The molecule has 0 saturated carbocycles. The molecular formula is C25H27N7O2. The Morgan fingerprint density at radius 1 is 1.15 bits per heavy atom. The van der Waals surface area contributed by atoms with Crippen molar-refractivity contribution in [3.63, 3.8) is 0 Å². The standard InChI is InChI=1S/C25H27N7O2/c1-15-21(18-5-4-6-19-22(18)27-14-32(19)3)30-23(24(26)33)25(28-15)29-17-9-7-16(8-10-17)20-13-34-12-11-31(20)2/h4-10,14,20H,11-13H2,1-3H3,(H2,26,33)(H,28,29)/t20-/m0/s1. The van der Waals surface area contributed by atoms with Crippen molar-refractivity contribution in [3.05, 3.63) is 65.7 Å². The molecule has 3 heterocycles. The van der Waals surface area contributed by atoms with Crippen LogP contribution < -0.4 is 11.1 Å². The van der Waals surface area contributed by atoms with E-state index >= 15 is 0 Å². The molecule has 4 aromatic rings. The van der Waals surface area contributed by atoms with Crippen LogP contribution in [0.2, 0.25) is 0 Å². The van der Waals surface area contributed by atoms with E-state index in [0.29, 0.717) is 23.8 Å². The molecule has 1 atom stereocenters. The van der Waals surface area contributed by atoms with Crippen molar-refractivity contribution < 1.29 is 9.53 Å². The van der Waals surface area contributed by atoms with Crippen LogP contribution >= 0.6 is 0 Å². The molecule has 34 heavy (non-hydrogen) atoms. The first-order chi connectivity index (χ1) is 16.4. The van der Waals surface area contributed by atoms with Crippen LogP contribution in [0.25, 0.3) is 22.3 Å². The first-order valence-corrected chi connectivity index (χ1v) is 11.2. The topological polar surface area (TPSA) is 111 Å². The van der Waals surface area contributed by atoms with E-state index in [-0.39, 0.29) is 11.7 Å². The summed E-state index contributed by atoms with van der Waals surface area (Å²) in [5.74, 6) is -0.324. The number of anilines is 2.